The summed E-state index contributed by atoms with van der Waals surface area (Å²) in [6.45, 7) is 1.88. The molecule has 1 aromatic rings. The molecule has 0 heterocycles. The van der Waals surface area contributed by atoms with Gasteiger partial charge in [-0.1, -0.05) is 0 Å². The first-order valence-corrected chi connectivity index (χ1v) is 4.97. The van der Waals surface area contributed by atoms with Crippen LogP contribution in [0.5, 0.6) is 0 Å². The van der Waals surface area contributed by atoms with E-state index in [2.05, 4.69) is 5.32 Å². The van der Waals surface area contributed by atoms with E-state index in [4.69, 9.17) is 5.73 Å². The van der Waals surface area contributed by atoms with Gasteiger partial charge in [-0.15, -0.1) is 12.4 Å². The molecule has 0 fully saturated rings. The minimum atomic E-state index is -0.617. The second kappa shape index (κ2) is 7.19. The van der Waals surface area contributed by atoms with Crippen LogP contribution in [0.1, 0.15) is 12.5 Å². The Kier molecular flexibility index (Phi) is 6.68. The zero-order chi connectivity index (χ0) is 12.1. The number of hydrogen-bond donors (Lipinski definition) is 2. The second-order valence-electron chi connectivity index (χ2n) is 3.61. The first-order chi connectivity index (χ1) is 7.49. The lowest BCUT2D eigenvalue weighted by atomic mass is 10.1. The molecule has 0 saturated carbocycles. The predicted octanol–water partition coefficient (Wildman–Crippen LogP) is 1.39. The molecule has 0 aliphatic carbocycles. The van der Waals surface area contributed by atoms with E-state index in [0.717, 1.165) is 6.07 Å². The standard InChI is InChI=1S/C11H14F2N2O.ClH/c1-7(14)11(16)15-3-2-8-4-9(12)6-10(13)5-8;/h4-7H,2-3,14H2,1H3,(H,15,16);1H. The Morgan fingerprint density at radius 3 is 2.35 bits per heavy atom. The fraction of sp³-hybridized carbons (Fsp3) is 0.364. The molecule has 0 aromatic heterocycles. The zero-order valence-electron chi connectivity index (χ0n) is 9.37. The van der Waals surface area contributed by atoms with Crippen molar-refractivity contribution in [1.29, 1.82) is 0 Å². The van der Waals surface area contributed by atoms with Crippen molar-refractivity contribution >= 4 is 18.3 Å². The Hall–Kier alpha value is -1.20. The van der Waals surface area contributed by atoms with E-state index in [1.807, 2.05) is 0 Å². The first-order valence-electron chi connectivity index (χ1n) is 4.97. The summed E-state index contributed by atoms with van der Waals surface area (Å²) in [5.41, 5.74) is 5.83. The van der Waals surface area contributed by atoms with Crippen LogP contribution < -0.4 is 11.1 Å². The largest absolute Gasteiger partial charge is 0.354 e. The highest BCUT2D eigenvalue weighted by molar-refractivity contribution is 5.85. The fourth-order valence-corrected chi connectivity index (χ4v) is 1.25. The van der Waals surface area contributed by atoms with Gasteiger partial charge in [0.25, 0.3) is 0 Å². The van der Waals surface area contributed by atoms with E-state index >= 15 is 0 Å². The van der Waals surface area contributed by atoms with Crippen molar-refractivity contribution in [3.63, 3.8) is 0 Å². The third kappa shape index (κ3) is 5.60. The van der Waals surface area contributed by atoms with Crippen molar-refractivity contribution in [2.24, 2.45) is 5.73 Å². The average molecular weight is 265 g/mol. The van der Waals surface area contributed by atoms with E-state index in [1.165, 1.54) is 12.1 Å². The average Bonchev–Trinajstić information content (AvgIpc) is 2.15. The molecule has 6 heteroatoms. The second-order valence-corrected chi connectivity index (χ2v) is 3.61. The molecule has 1 unspecified atom stereocenters. The Morgan fingerprint density at radius 2 is 1.88 bits per heavy atom. The molecule has 17 heavy (non-hydrogen) atoms. The van der Waals surface area contributed by atoms with Crippen LogP contribution >= 0.6 is 12.4 Å². The summed E-state index contributed by atoms with van der Waals surface area (Å²) in [6.07, 6.45) is 0.368. The molecular formula is C11H15ClF2N2O. The van der Waals surface area contributed by atoms with Gasteiger partial charge in [-0.3, -0.25) is 4.79 Å². The van der Waals surface area contributed by atoms with Gasteiger partial charge in [0, 0.05) is 12.6 Å². The molecule has 0 aliphatic rings. The van der Waals surface area contributed by atoms with Crippen molar-refractivity contribution < 1.29 is 13.6 Å². The van der Waals surface area contributed by atoms with Gasteiger partial charge in [0.2, 0.25) is 5.91 Å². The summed E-state index contributed by atoms with van der Waals surface area (Å²) in [5, 5.41) is 2.56. The van der Waals surface area contributed by atoms with E-state index in [9.17, 15) is 13.6 Å². The smallest absolute Gasteiger partial charge is 0.236 e. The molecule has 0 saturated heterocycles. The Labute approximate surface area is 105 Å². The van der Waals surface area contributed by atoms with Crippen LogP contribution in [0.3, 0.4) is 0 Å². The number of halogens is 3. The monoisotopic (exact) mass is 264 g/mol. The summed E-state index contributed by atoms with van der Waals surface area (Å²) in [7, 11) is 0. The number of carbonyl (C=O) groups excluding carboxylic acids is 1. The summed E-state index contributed by atoms with van der Waals surface area (Å²) in [4.78, 5) is 11.1. The van der Waals surface area contributed by atoms with Gasteiger partial charge in [0.05, 0.1) is 6.04 Å². The Morgan fingerprint density at radius 1 is 1.35 bits per heavy atom. The van der Waals surface area contributed by atoms with E-state index in [0.29, 0.717) is 18.5 Å². The highest BCUT2D eigenvalue weighted by Gasteiger charge is 2.06. The molecule has 1 rings (SSSR count). The first kappa shape index (κ1) is 15.8. The number of rotatable bonds is 4. The van der Waals surface area contributed by atoms with Gasteiger partial charge in [-0.05, 0) is 31.0 Å². The summed E-state index contributed by atoms with van der Waals surface area (Å²) in [5.74, 6) is -1.51. The summed E-state index contributed by atoms with van der Waals surface area (Å²) < 4.78 is 25.6. The minimum Gasteiger partial charge on any atom is -0.354 e. The SMILES string of the molecule is CC(N)C(=O)NCCc1cc(F)cc(F)c1.Cl. The molecule has 0 aliphatic heterocycles. The van der Waals surface area contributed by atoms with Crippen molar-refractivity contribution in [2.75, 3.05) is 6.54 Å². The van der Waals surface area contributed by atoms with E-state index in [-0.39, 0.29) is 18.3 Å². The summed E-state index contributed by atoms with van der Waals surface area (Å²) in [6, 6.07) is 2.70. The lowest BCUT2D eigenvalue weighted by molar-refractivity contribution is -0.121. The Balaban J connectivity index is 0.00000256. The quantitative estimate of drug-likeness (QED) is 0.864. The molecule has 1 amide bonds. The number of hydrogen-bond acceptors (Lipinski definition) is 2. The van der Waals surface area contributed by atoms with Crippen LogP contribution in [0.2, 0.25) is 0 Å². The number of amides is 1. The lowest BCUT2D eigenvalue weighted by Crippen LogP contribution is -2.39. The van der Waals surface area contributed by atoms with Crippen molar-refractivity contribution in [1.82, 2.24) is 5.32 Å². The Bertz CT molecular complexity index is 365. The zero-order valence-corrected chi connectivity index (χ0v) is 10.2. The minimum absolute atomic E-state index is 0. The maximum atomic E-state index is 12.8. The van der Waals surface area contributed by atoms with Gasteiger partial charge < -0.3 is 11.1 Å². The third-order valence-electron chi connectivity index (χ3n) is 2.05. The van der Waals surface area contributed by atoms with Crippen molar-refractivity contribution in [3.05, 3.63) is 35.4 Å². The maximum Gasteiger partial charge on any atom is 0.236 e. The molecule has 0 spiro atoms. The van der Waals surface area contributed by atoms with E-state index in [1.54, 1.807) is 6.92 Å². The van der Waals surface area contributed by atoms with Crippen molar-refractivity contribution in [3.8, 4) is 0 Å². The fourth-order valence-electron chi connectivity index (χ4n) is 1.25. The number of nitrogens with two attached hydrogens (primary N) is 1. The van der Waals surface area contributed by atoms with Gasteiger partial charge in [0.15, 0.2) is 0 Å². The molecule has 3 nitrogen and oxygen atoms in total. The lowest BCUT2D eigenvalue weighted by Gasteiger charge is -2.07. The number of benzene rings is 1. The van der Waals surface area contributed by atoms with E-state index < -0.39 is 17.7 Å². The van der Waals surface area contributed by atoms with Crippen LogP contribution in [-0.4, -0.2) is 18.5 Å². The molecule has 0 bridgehead atoms. The van der Waals surface area contributed by atoms with Crippen LogP contribution in [0.15, 0.2) is 18.2 Å². The predicted molar refractivity (Wildman–Crippen MR) is 64.0 cm³/mol. The van der Waals surface area contributed by atoms with Crippen LogP contribution in [-0.2, 0) is 11.2 Å². The van der Waals surface area contributed by atoms with Gasteiger partial charge in [-0.2, -0.15) is 0 Å². The molecule has 3 N–H and O–H groups in total. The molecule has 96 valence electrons. The van der Waals surface area contributed by atoms with Crippen molar-refractivity contribution in [2.45, 2.75) is 19.4 Å². The summed E-state index contributed by atoms with van der Waals surface area (Å²) >= 11 is 0. The van der Waals surface area contributed by atoms with Gasteiger partial charge in [-0.25, -0.2) is 8.78 Å². The van der Waals surface area contributed by atoms with Gasteiger partial charge in [0.1, 0.15) is 11.6 Å². The van der Waals surface area contributed by atoms with Crippen LogP contribution in [0, 0.1) is 11.6 Å². The number of carbonyl (C=O) groups is 1. The third-order valence-corrected chi connectivity index (χ3v) is 2.05. The normalized spacial score (nSPS) is 11.5. The molecular weight excluding hydrogens is 250 g/mol. The topological polar surface area (TPSA) is 55.1 Å². The number of nitrogens with one attached hydrogen (secondary N) is 1. The molecule has 1 atom stereocenters. The molecule has 0 radical (unpaired) electrons. The van der Waals surface area contributed by atoms with Crippen LogP contribution in [0.25, 0.3) is 0 Å². The maximum absolute atomic E-state index is 12.8. The molecule has 1 aromatic carbocycles. The van der Waals surface area contributed by atoms with Gasteiger partial charge >= 0.3 is 0 Å². The highest BCUT2D eigenvalue weighted by Crippen LogP contribution is 2.07. The van der Waals surface area contributed by atoms with Crippen LogP contribution in [0.4, 0.5) is 8.78 Å². The highest BCUT2D eigenvalue weighted by atomic mass is 35.5.